The van der Waals surface area contributed by atoms with E-state index >= 15 is 0 Å². The number of carbonyl (C=O) groups is 2. The number of imidazole rings is 1. The summed E-state index contributed by atoms with van der Waals surface area (Å²) in [5.41, 5.74) is 0.563. The number of non-ortho nitro benzene ring substituents is 1. The zero-order chi connectivity index (χ0) is 19.0. The highest BCUT2D eigenvalue weighted by atomic mass is 32.2. The molecule has 2 heterocycles. The lowest BCUT2D eigenvalue weighted by molar-refractivity contribution is -0.384. The molecule has 1 aromatic heterocycles. The summed E-state index contributed by atoms with van der Waals surface area (Å²) in [5, 5.41) is 17.3. The number of fused-ring (bicyclic) bond motifs is 1. The molecule has 0 fully saturated rings. The number of rotatable bonds is 3. The van der Waals surface area contributed by atoms with Gasteiger partial charge in [-0.3, -0.25) is 24.3 Å². The van der Waals surface area contributed by atoms with Crippen molar-refractivity contribution in [2.75, 3.05) is 5.01 Å². The van der Waals surface area contributed by atoms with Crippen LogP contribution in [0, 0.1) is 10.1 Å². The smallest absolute Gasteiger partial charge is 0.269 e. The van der Waals surface area contributed by atoms with Crippen LogP contribution in [0.5, 0.6) is 0 Å². The minimum atomic E-state index is -0.488. The SMILES string of the molecule is CCc1nc2c(n1C(C)=O)SC(c1ccc([N+](=O)[O-])cc1)=NN2C(C)=O. The van der Waals surface area contributed by atoms with Crippen molar-refractivity contribution in [3.8, 4) is 0 Å². The molecule has 0 spiro atoms. The van der Waals surface area contributed by atoms with Gasteiger partial charge in [0.1, 0.15) is 15.9 Å². The molecule has 1 aliphatic rings. The summed E-state index contributed by atoms with van der Waals surface area (Å²) in [4.78, 5) is 38.9. The first-order chi connectivity index (χ1) is 12.3. The van der Waals surface area contributed by atoms with Crippen LogP contribution < -0.4 is 5.01 Å². The average molecular weight is 373 g/mol. The number of nitrogens with zero attached hydrogens (tertiary/aromatic N) is 5. The molecule has 26 heavy (non-hydrogen) atoms. The van der Waals surface area contributed by atoms with Crippen LogP contribution >= 0.6 is 11.8 Å². The first-order valence-electron chi connectivity index (χ1n) is 7.78. The summed E-state index contributed by atoms with van der Waals surface area (Å²) in [6, 6.07) is 5.85. The van der Waals surface area contributed by atoms with Crippen molar-refractivity contribution in [2.45, 2.75) is 32.2 Å². The molecule has 0 saturated heterocycles. The molecule has 0 saturated carbocycles. The Balaban J connectivity index is 2.10. The Morgan fingerprint density at radius 1 is 1.19 bits per heavy atom. The number of benzene rings is 1. The third-order valence-corrected chi connectivity index (χ3v) is 4.80. The van der Waals surface area contributed by atoms with Crippen LogP contribution in [0.15, 0.2) is 34.4 Å². The van der Waals surface area contributed by atoms with Gasteiger partial charge in [-0.15, -0.1) is 0 Å². The number of hydrogen-bond acceptors (Lipinski definition) is 7. The molecule has 2 aromatic rings. The summed E-state index contributed by atoms with van der Waals surface area (Å²) < 4.78 is 1.47. The molecule has 0 bridgehead atoms. The predicted molar refractivity (Wildman–Crippen MR) is 96.6 cm³/mol. The van der Waals surface area contributed by atoms with Crippen molar-refractivity contribution >= 4 is 40.1 Å². The van der Waals surface area contributed by atoms with Gasteiger partial charge in [0.15, 0.2) is 5.82 Å². The number of amides is 1. The Morgan fingerprint density at radius 3 is 2.35 bits per heavy atom. The van der Waals surface area contributed by atoms with Gasteiger partial charge in [0.2, 0.25) is 11.8 Å². The van der Waals surface area contributed by atoms with Crippen molar-refractivity contribution in [2.24, 2.45) is 5.10 Å². The number of hydrogen-bond donors (Lipinski definition) is 0. The van der Waals surface area contributed by atoms with Gasteiger partial charge < -0.3 is 0 Å². The maximum absolute atomic E-state index is 12.1. The van der Waals surface area contributed by atoms with E-state index in [1.54, 1.807) is 12.1 Å². The fraction of sp³-hybridized carbons (Fsp3) is 0.250. The van der Waals surface area contributed by atoms with Gasteiger partial charge >= 0.3 is 0 Å². The van der Waals surface area contributed by atoms with Gasteiger partial charge in [-0.25, -0.2) is 4.98 Å². The van der Waals surface area contributed by atoms with Crippen molar-refractivity contribution < 1.29 is 14.5 Å². The second kappa shape index (κ2) is 6.71. The van der Waals surface area contributed by atoms with Gasteiger partial charge in [0.25, 0.3) is 5.69 Å². The molecule has 1 aliphatic heterocycles. The van der Waals surface area contributed by atoms with Gasteiger partial charge in [0, 0.05) is 38.0 Å². The van der Waals surface area contributed by atoms with Crippen LogP contribution in [0.1, 0.15) is 37.0 Å². The summed E-state index contributed by atoms with van der Waals surface area (Å²) in [6.45, 7) is 4.65. The lowest BCUT2D eigenvalue weighted by Crippen LogP contribution is -2.28. The topological polar surface area (TPSA) is 111 Å². The summed E-state index contributed by atoms with van der Waals surface area (Å²) in [6.07, 6.45) is 0.520. The van der Waals surface area contributed by atoms with Crippen molar-refractivity contribution in [1.82, 2.24) is 9.55 Å². The van der Waals surface area contributed by atoms with E-state index in [9.17, 15) is 19.7 Å². The first-order valence-corrected chi connectivity index (χ1v) is 8.59. The number of nitro groups is 1. The van der Waals surface area contributed by atoms with Gasteiger partial charge in [-0.2, -0.15) is 10.1 Å². The van der Waals surface area contributed by atoms with E-state index in [0.29, 0.717) is 33.7 Å². The zero-order valence-corrected chi connectivity index (χ0v) is 15.1. The lowest BCUT2D eigenvalue weighted by Gasteiger charge is -2.21. The molecule has 0 unspecified atom stereocenters. The third-order valence-electron chi connectivity index (χ3n) is 3.73. The normalized spacial score (nSPS) is 13.2. The monoisotopic (exact) mass is 373 g/mol. The molecule has 0 aliphatic carbocycles. The second-order valence-corrected chi connectivity index (χ2v) is 6.48. The number of anilines is 1. The van der Waals surface area contributed by atoms with Crippen molar-refractivity contribution in [1.29, 1.82) is 0 Å². The molecule has 9 nitrogen and oxygen atoms in total. The summed E-state index contributed by atoms with van der Waals surface area (Å²) in [5.74, 6) is 0.306. The molecule has 3 rings (SSSR count). The molecule has 10 heteroatoms. The largest absolute Gasteiger partial charge is 0.274 e. The number of aryl methyl sites for hydroxylation is 1. The summed E-state index contributed by atoms with van der Waals surface area (Å²) >= 11 is 1.20. The molecular weight excluding hydrogens is 358 g/mol. The highest BCUT2D eigenvalue weighted by Gasteiger charge is 2.31. The highest BCUT2D eigenvalue weighted by molar-refractivity contribution is 8.14. The molecule has 0 radical (unpaired) electrons. The Labute approximate surface area is 152 Å². The number of nitro benzene ring substituents is 1. The Kier molecular flexibility index (Phi) is 4.60. The van der Waals surface area contributed by atoms with Gasteiger partial charge in [-0.1, -0.05) is 6.92 Å². The predicted octanol–water partition coefficient (Wildman–Crippen LogP) is 2.83. The van der Waals surface area contributed by atoms with E-state index in [4.69, 9.17) is 0 Å². The quantitative estimate of drug-likeness (QED) is 0.604. The molecule has 134 valence electrons. The average Bonchev–Trinajstić information content (AvgIpc) is 2.99. The summed E-state index contributed by atoms with van der Waals surface area (Å²) in [7, 11) is 0. The second-order valence-electron chi connectivity index (χ2n) is 5.51. The fourth-order valence-electron chi connectivity index (χ4n) is 2.54. The van der Waals surface area contributed by atoms with Crippen LogP contribution in [0.2, 0.25) is 0 Å². The maximum Gasteiger partial charge on any atom is 0.269 e. The highest BCUT2D eigenvalue weighted by Crippen LogP contribution is 2.38. The molecule has 0 N–H and O–H groups in total. The van der Waals surface area contributed by atoms with E-state index in [0.717, 1.165) is 5.01 Å². The van der Waals surface area contributed by atoms with E-state index in [1.165, 1.54) is 42.3 Å². The van der Waals surface area contributed by atoms with Crippen LogP contribution in [-0.2, 0) is 11.2 Å². The van der Waals surface area contributed by atoms with Gasteiger partial charge in [-0.05, 0) is 23.9 Å². The third kappa shape index (κ3) is 2.99. The fourth-order valence-corrected chi connectivity index (χ4v) is 3.65. The standard InChI is InChI=1S/C16H15N5O4S/c1-4-13-17-14-16(19(13)9(2)22)26-15(18-20(14)10(3)23)11-5-7-12(8-6-11)21(24)25/h5-8H,4H2,1-3H3. The van der Waals surface area contributed by atoms with Gasteiger partial charge in [0.05, 0.1) is 4.92 Å². The minimum Gasteiger partial charge on any atom is -0.274 e. The Bertz CT molecular complexity index is 948. The maximum atomic E-state index is 12.1. The van der Waals surface area contributed by atoms with Crippen molar-refractivity contribution in [3.05, 3.63) is 45.8 Å². The molecule has 1 aromatic carbocycles. The van der Waals surface area contributed by atoms with E-state index in [2.05, 4.69) is 10.1 Å². The van der Waals surface area contributed by atoms with Crippen LogP contribution in [-0.4, -0.2) is 31.3 Å². The van der Waals surface area contributed by atoms with E-state index in [-0.39, 0.29) is 17.5 Å². The van der Waals surface area contributed by atoms with Crippen LogP contribution in [0.25, 0.3) is 0 Å². The molecule has 1 amide bonds. The number of thioether (sulfide) groups is 1. The zero-order valence-electron chi connectivity index (χ0n) is 14.3. The molecule has 0 atom stereocenters. The van der Waals surface area contributed by atoms with Crippen LogP contribution in [0.3, 0.4) is 0 Å². The number of aromatic nitrogens is 2. The molecular formula is C16H15N5O4S. The van der Waals surface area contributed by atoms with Crippen molar-refractivity contribution in [3.63, 3.8) is 0 Å². The number of hydrazone groups is 1. The number of carbonyl (C=O) groups excluding carboxylic acids is 2. The van der Waals surface area contributed by atoms with E-state index in [1.807, 2.05) is 6.92 Å². The minimum absolute atomic E-state index is 0.0404. The first kappa shape index (κ1) is 17.8. The van der Waals surface area contributed by atoms with Crippen LogP contribution in [0.4, 0.5) is 11.5 Å². The van der Waals surface area contributed by atoms with E-state index < -0.39 is 4.92 Å². The Morgan fingerprint density at radius 2 is 1.85 bits per heavy atom. The lowest BCUT2D eigenvalue weighted by atomic mass is 10.2. The Hall–Kier alpha value is -3.01.